The second kappa shape index (κ2) is 15.4. The average molecular weight is 362 g/mol. The highest BCUT2D eigenvalue weighted by atomic mass is 32.1. The van der Waals surface area contributed by atoms with Crippen LogP contribution in [0.1, 0.15) is 20.8 Å². The van der Waals surface area contributed by atoms with E-state index in [-0.39, 0.29) is 10.3 Å². The number of para-hydroxylation sites is 1. The van der Waals surface area contributed by atoms with Gasteiger partial charge < -0.3 is 15.1 Å². The van der Waals surface area contributed by atoms with Crippen LogP contribution in [0.25, 0.3) is 0 Å². The van der Waals surface area contributed by atoms with E-state index in [1.165, 1.54) is 19.6 Å². The number of aliphatic hydroxyl groups excluding tert-OH is 2. The first-order valence-electron chi connectivity index (χ1n) is 7.08. The molecule has 0 aliphatic rings. The first-order valence-corrected chi connectivity index (χ1v) is 7.90. The summed E-state index contributed by atoms with van der Waals surface area (Å²) in [4.78, 5) is 2.38. The third-order valence-corrected chi connectivity index (χ3v) is 3.02. The van der Waals surface area contributed by atoms with Crippen LogP contribution < -0.4 is 22.1 Å². The van der Waals surface area contributed by atoms with Gasteiger partial charge in [-0.15, -0.1) is 0 Å². The number of nitrogens with one attached hydrogen (secondary N) is 1. The molecule has 1 rings (SSSR count). The highest BCUT2D eigenvalue weighted by Crippen LogP contribution is 2.08. The van der Waals surface area contributed by atoms with Crippen LogP contribution in [-0.4, -0.2) is 45.1 Å². The van der Waals surface area contributed by atoms with E-state index in [2.05, 4.69) is 55.9 Å². The van der Waals surface area contributed by atoms with Gasteiger partial charge in [0.15, 0.2) is 0 Å². The minimum Gasteiger partial charge on any atom is -0.486 e. The van der Waals surface area contributed by atoms with E-state index in [1.807, 2.05) is 23.6 Å². The van der Waals surface area contributed by atoms with Crippen LogP contribution in [0.4, 0.5) is 5.69 Å². The number of hydrogen-bond acceptors (Lipinski definition) is 5. The summed E-state index contributed by atoms with van der Waals surface area (Å²) in [7, 11) is 0. The SMILES string of the molecule is CCN(CC)CC.NN(C(O)=S)c1ccccc1.NNC(O)=S. The minimum atomic E-state index is -0.384. The molecular weight excluding hydrogens is 334 g/mol. The molecule has 0 amide bonds. The number of benzene rings is 1. The minimum absolute atomic E-state index is 0.337. The molecule has 1 aromatic rings. The molecule has 7 N–H and O–H groups in total. The summed E-state index contributed by atoms with van der Waals surface area (Å²) in [6, 6.07) is 8.99. The van der Waals surface area contributed by atoms with Crippen LogP contribution >= 0.6 is 24.4 Å². The molecule has 0 saturated heterocycles. The molecule has 7 nitrogen and oxygen atoms in total. The van der Waals surface area contributed by atoms with Crippen molar-refractivity contribution < 1.29 is 10.2 Å². The second-order valence-electron chi connectivity index (χ2n) is 4.06. The molecule has 0 aliphatic heterocycles. The van der Waals surface area contributed by atoms with Gasteiger partial charge in [-0.25, -0.2) is 16.7 Å². The monoisotopic (exact) mass is 361 g/mol. The lowest BCUT2D eigenvalue weighted by molar-refractivity contribution is 0.321. The molecule has 9 heteroatoms. The molecule has 0 bridgehead atoms. The van der Waals surface area contributed by atoms with E-state index in [0.29, 0.717) is 5.69 Å². The first-order chi connectivity index (χ1) is 10.8. The van der Waals surface area contributed by atoms with E-state index in [1.54, 1.807) is 12.1 Å². The molecule has 0 unspecified atom stereocenters. The highest BCUT2D eigenvalue weighted by molar-refractivity contribution is 7.80. The van der Waals surface area contributed by atoms with Crippen molar-refractivity contribution in [3.8, 4) is 0 Å². The Bertz CT molecular complexity index is 425. The number of hydrogen-bond donors (Lipinski definition) is 5. The normalized spacial score (nSPS) is 8.96. The average Bonchev–Trinajstić information content (AvgIpc) is 2.57. The van der Waals surface area contributed by atoms with Crippen molar-refractivity contribution in [3.05, 3.63) is 30.3 Å². The van der Waals surface area contributed by atoms with Crippen molar-refractivity contribution in [2.75, 3.05) is 24.6 Å². The lowest BCUT2D eigenvalue weighted by Gasteiger charge is -2.13. The van der Waals surface area contributed by atoms with Gasteiger partial charge in [0.1, 0.15) is 0 Å². The van der Waals surface area contributed by atoms with Gasteiger partial charge >= 0.3 is 0 Å². The van der Waals surface area contributed by atoms with Crippen molar-refractivity contribution in [3.63, 3.8) is 0 Å². The third kappa shape index (κ3) is 13.8. The van der Waals surface area contributed by atoms with Crippen LogP contribution in [0.3, 0.4) is 0 Å². The van der Waals surface area contributed by atoms with Crippen LogP contribution in [0, 0.1) is 0 Å². The van der Waals surface area contributed by atoms with Crippen molar-refractivity contribution >= 4 is 40.5 Å². The van der Waals surface area contributed by atoms with Gasteiger partial charge in [-0.2, -0.15) is 0 Å². The Morgan fingerprint density at radius 2 is 1.43 bits per heavy atom. The predicted molar refractivity (Wildman–Crippen MR) is 104 cm³/mol. The van der Waals surface area contributed by atoms with Crippen LogP contribution in [0.2, 0.25) is 0 Å². The van der Waals surface area contributed by atoms with E-state index in [4.69, 9.17) is 16.1 Å². The van der Waals surface area contributed by atoms with Crippen LogP contribution in [0.5, 0.6) is 0 Å². The summed E-state index contributed by atoms with van der Waals surface area (Å²) in [6.45, 7) is 10.1. The summed E-state index contributed by atoms with van der Waals surface area (Å²) in [5, 5.41) is 17.0. The van der Waals surface area contributed by atoms with E-state index in [9.17, 15) is 0 Å². The number of nitrogens with zero attached hydrogens (tertiary/aromatic N) is 2. The molecular formula is C14H27N5O2S2. The predicted octanol–water partition coefficient (Wildman–Crippen LogP) is 1.85. The number of anilines is 1. The number of aliphatic hydroxyl groups is 2. The van der Waals surface area contributed by atoms with Gasteiger partial charge in [-0.1, -0.05) is 39.0 Å². The Labute approximate surface area is 148 Å². The molecule has 0 radical (unpaired) electrons. The largest absolute Gasteiger partial charge is 0.486 e. The molecule has 0 spiro atoms. The van der Waals surface area contributed by atoms with E-state index < -0.39 is 0 Å². The Morgan fingerprint density at radius 1 is 1.04 bits per heavy atom. The molecule has 0 aliphatic carbocycles. The molecule has 0 saturated carbocycles. The Hall–Kier alpha value is -1.52. The quantitative estimate of drug-likeness (QED) is 0.312. The topological polar surface area (TPSA) is 111 Å². The zero-order valence-corrected chi connectivity index (χ0v) is 15.4. The van der Waals surface area contributed by atoms with Gasteiger partial charge in [-0.05, 0) is 56.2 Å². The maximum absolute atomic E-state index is 8.81. The Morgan fingerprint density at radius 3 is 1.65 bits per heavy atom. The zero-order chi connectivity index (χ0) is 18.3. The fourth-order valence-corrected chi connectivity index (χ4v) is 1.48. The van der Waals surface area contributed by atoms with E-state index >= 15 is 0 Å². The maximum Gasteiger partial charge on any atom is 0.276 e. The molecule has 0 heterocycles. The first kappa shape index (κ1) is 23.7. The molecule has 23 heavy (non-hydrogen) atoms. The van der Waals surface area contributed by atoms with Gasteiger partial charge in [-0.3, -0.25) is 5.43 Å². The summed E-state index contributed by atoms with van der Waals surface area (Å²) >= 11 is 8.47. The standard InChI is InChI=1S/C7H8N2OS.C6H15N.CH4N2OS/c8-9(7(10)11)6-4-2-1-3-5-6;1-4-7(5-2)6-3;2-3-1(4)5/h1-5H,8H2,(H,10,11);4-6H2,1-3H3;2H2,(H2,3,4,5). The Kier molecular flexibility index (Phi) is 15.9. The maximum atomic E-state index is 8.81. The van der Waals surface area contributed by atoms with Crippen LogP contribution in [-0.2, 0) is 0 Å². The third-order valence-electron chi connectivity index (χ3n) is 2.71. The van der Waals surface area contributed by atoms with E-state index in [0.717, 1.165) is 5.01 Å². The lowest BCUT2D eigenvalue weighted by Crippen LogP contribution is -2.35. The van der Waals surface area contributed by atoms with Gasteiger partial charge in [0.05, 0.1) is 5.69 Å². The summed E-state index contributed by atoms with van der Waals surface area (Å²) < 4.78 is 0. The molecule has 0 fully saturated rings. The summed E-state index contributed by atoms with van der Waals surface area (Å²) in [5.74, 6) is 9.91. The number of hydrazine groups is 2. The summed E-state index contributed by atoms with van der Waals surface area (Å²) in [6.07, 6.45) is 0. The van der Waals surface area contributed by atoms with Crippen molar-refractivity contribution in [2.45, 2.75) is 20.8 Å². The zero-order valence-electron chi connectivity index (χ0n) is 13.8. The van der Waals surface area contributed by atoms with Crippen molar-refractivity contribution in [2.24, 2.45) is 11.7 Å². The fourth-order valence-electron chi connectivity index (χ4n) is 1.37. The number of nitrogens with two attached hydrogens (primary N) is 2. The van der Waals surface area contributed by atoms with Crippen molar-refractivity contribution in [1.29, 1.82) is 0 Å². The van der Waals surface area contributed by atoms with Crippen LogP contribution in [0.15, 0.2) is 30.3 Å². The van der Waals surface area contributed by atoms with Gasteiger partial charge in [0.2, 0.25) is 0 Å². The van der Waals surface area contributed by atoms with Gasteiger partial charge in [0.25, 0.3) is 10.3 Å². The molecule has 132 valence electrons. The number of rotatable bonds is 4. The second-order valence-corrected chi connectivity index (χ2v) is 4.81. The molecule has 0 atom stereocenters. The van der Waals surface area contributed by atoms with Crippen molar-refractivity contribution in [1.82, 2.24) is 10.3 Å². The highest BCUT2D eigenvalue weighted by Gasteiger charge is 2.02. The molecule has 0 aromatic heterocycles. The molecule has 1 aromatic carbocycles. The number of thiocarbonyl (C=S) groups is 2. The van der Waals surface area contributed by atoms with Gasteiger partial charge in [0, 0.05) is 0 Å². The Balaban J connectivity index is 0. The fraction of sp³-hybridized carbons (Fsp3) is 0.429. The summed E-state index contributed by atoms with van der Waals surface area (Å²) in [5.41, 5.74) is 2.48. The lowest BCUT2D eigenvalue weighted by atomic mass is 10.3. The smallest absolute Gasteiger partial charge is 0.276 e.